The van der Waals surface area contributed by atoms with Crippen LogP contribution >= 0.6 is 11.9 Å². The predicted molar refractivity (Wildman–Crippen MR) is 67.8 cm³/mol. The van der Waals surface area contributed by atoms with E-state index in [1.807, 2.05) is 0 Å². The van der Waals surface area contributed by atoms with Crippen LogP contribution in [0, 0.1) is 0 Å². The third-order valence-corrected chi connectivity index (χ3v) is 2.43. The molecule has 0 saturated carbocycles. The van der Waals surface area contributed by atoms with E-state index in [0.717, 1.165) is 0 Å². The summed E-state index contributed by atoms with van der Waals surface area (Å²) >= 11 is 5.06. The number of carbonyl (C=O) groups excluding carboxylic acids is 2. The van der Waals surface area contributed by atoms with Crippen LogP contribution in [0.2, 0.25) is 0 Å². The highest BCUT2D eigenvalue weighted by atomic mass is 35.5. The van der Waals surface area contributed by atoms with Crippen molar-refractivity contribution in [2.45, 2.75) is 13.8 Å². The molecule has 0 unspecified atom stereocenters. The van der Waals surface area contributed by atoms with Crippen LogP contribution in [-0.2, 0) is 9.03 Å². The number of hydrogen-bond acceptors (Lipinski definition) is 4. The first kappa shape index (κ1) is 14.3. The molecule has 0 aliphatic rings. The van der Waals surface area contributed by atoms with Gasteiger partial charge in [0, 0.05) is 6.54 Å². The third-order valence-electron chi connectivity index (χ3n) is 2.29. The molecular weight excluding hydrogens is 258 g/mol. The van der Waals surface area contributed by atoms with Gasteiger partial charge in [0.05, 0.1) is 17.9 Å². The summed E-state index contributed by atoms with van der Waals surface area (Å²) in [6.07, 6.45) is -0.519. The number of benzene rings is 1. The molecule has 0 aliphatic heterocycles. The number of ether oxygens (including phenoxy) is 1. The van der Waals surface area contributed by atoms with Gasteiger partial charge >= 0.3 is 12.1 Å². The van der Waals surface area contributed by atoms with E-state index in [4.69, 9.17) is 16.6 Å². The molecule has 0 saturated heterocycles. The molecule has 0 heterocycles. The maximum atomic E-state index is 11.8. The Morgan fingerprint density at radius 2 is 1.94 bits per heavy atom. The second kappa shape index (κ2) is 6.86. The zero-order valence-corrected chi connectivity index (χ0v) is 10.9. The van der Waals surface area contributed by atoms with Gasteiger partial charge in [0.15, 0.2) is 0 Å². The van der Waals surface area contributed by atoms with Crippen molar-refractivity contribution in [3.05, 3.63) is 29.8 Å². The van der Waals surface area contributed by atoms with E-state index in [2.05, 4.69) is 4.29 Å². The van der Waals surface area contributed by atoms with E-state index in [9.17, 15) is 9.59 Å². The van der Waals surface area contributed by atoms with E-state index in [1.165, 1.54) is 11.0 Å². The Bertz CT molecular complexity index is 436. The molecule has 0 atom stereocenters. The summed E-state index contributed by atoms with van der Waals surface area (Å²) in [6.45, 7) is 4.12. The van der Waals surface area contributed by atoms with E-state index < -0.39 is 12.1 Å². The number of nitrogens with zero attached hydrogens (tertiary/aromatic N) is 1. The molecule has 0 aromatic heterocycles. The number of rotatable bonds is 4. The molecule has 1 aromatic rings. The van der Waals surface area contributed by atoms with Gasteiger partial charge in [-0.2, -0.15) is 0 Å². The molecule has 18 heavy (non-hydrogen) atoms. The predicted octanol–water partition coefficient (Wildman–Crippen LogP) is 2.98. The van der Waals surface area contributed by atoms with Crippen LogP contribution in [0.3, 0.4) is 0 Å². The van der Waals surface area contributed by atoms with Crippen molar-refractivity contribution < 1.29 is 18.6 Å². The monoisotopic (exact) mass is 271 g/mol. The summed E-state index contributed by atoms with van der Waals surface area (Å²) in [5.41, 5.74) is 0.617. The zero-order valence-electron chi connectivity index (χ0n) is 10.2. The fourth-order valence-electron chi connectivity index (χ4n) is 1.52. The zero-order chi connectivity index (χ0) is 13.5. The molecule has 0 aliphatic carbocycles. The largest absolute Gasteiger partial charge is 0.449 e. The molecule has 98 valence electrons. The average molecular weight is 272 g/mol. The molecule has 5 nitrogen and oxygen atoms in total. The molecule has 0 bridgehead atoms. The van der Waals surface area contributed by atoms with Gasteiger partial charge < -0.3 is 9.03 Å². The van der Waals surface area contributed by atoms with Gasteiger partial charge in [0.1, 0.15) is 11.9 Å². The number of halogens is 1. The van der Waals surface area contributed by atoms with Gasteiger partial charge in [-0.15, -0.1) is 0 Å². The SMILES string of the molecule is CCOC(=O)N(CC)c1ccccc1C(=O)OCl. The molecule has 0 spiro atoms. The molecular formula is C12H14ClNO4. The summed E-state index contributed by atoms with van der Waals surface area (Å²) in [5.74, 6) is -0.713. The third kappa shape index (κ3) is 3.13. The molecule has 1 amide bonds. The van der Waals surface area contributed by atoms with Crippen molar-refractivity contribution in [1.29, 1.82) is 0 Å². The first-order valence-corrected chi connectivity index (χ1v) is 5.82. The van der Waals surface area contributed by atoms with Crippen LogP contribution < -0.4 is 4.90 Å². The first-order valence-electron chi connectivity index (χ1n) is 5.51. The van der Waals surface area contributed by atoms with Gasteiger partial charge in [-0.3, -0.25) is 4.90 Å². The second-order valence-electron chi connectivity index (χ2n) is 3.32. The second-order valence-corrected chi connectivity index (χ2v) is 3.48. The van der Waals surface area contributed by atoms with E-state index >= 15 is 0 Å². The number of amides is 1. The topological polar surface area (TPSA) is 55.8 Å². The highest BCUT2D eigenvalue weighted by Crippen LogP contribution is 2.22. The standard InChI is InChI=1S/C12H14ClNO4/c1-3-14(12(16)17-4-2)10-8-6-5-7-9(10)11(15)18-13/h5-8H,3-4H2,1-2H3. The minimum Gasteiger partial charge on any atom is -0.449 e. The van der Waals surface area contributed by atoms with Crippen LogP contribution in [0.15, 0.2) is 24.3 Å². The molecule has 1 rings (SSSR count). The Labute approximate surface area is 110 Å². The van der Waals surface area contributed by atoms with Crippen LogP contribution in [-0.4, -0.2) is 25.2 Å². The van der Waals surface area contributed by atoms with Crippen LogP contribution in [0.4, 0.5) is 10.5 Å². The maximum Gasteiger partial charge on any atom is 0.414 e. The summed E-state index contributed by atoms with van der Waals surface area (Å²) in [5, 5.41) is 0. The number of hydrogen-bond donors (Lipinski definition) is 0. The number of para-hydroxylation sites is 1. The fraction of sp³-hybridized carbons (Fsp3) is 0.333. The summed E-state index contributed by atoms with van der Waals surface area (Å²) in [4.78, 5) is 24.6. The minimum absolute atomic E-state index is 0.211. The highest BCUT2D eigenvalue weighted by Gasteiger charge is 2.21. The van der Waals surface area contributed by atoms with Crippen molar-refractivity contribution in [3.63, 3.8) is 0 Å². The van der Waals surface area contributed by atoms with Gasteiger partial charge in [-0.05, 0) is 26.0 Å². The van der Waals surface area contributed by atoms with E-state index in [-0.39, 0.29) is 12.2 Å². The van der Waals surface area contributed by atoms with Crippen molar-refractivity contribution in [2.75, 3.05) is 18.1 Å². The highest BCUT2D eigenvalue weighted by molar-refractivity contribution is 6.17. The molecule has 6 heteroatoms. The van der Waals surface area contributed by atoms with Crippen molar-refractivity contribution >= 4 is 29.6 Å². The van der Waals surface area contributed by atoms with Gasteiger partial charge in [0.2, 0.25) is 0 Å². The lowest BCUT2D eigenvalue weighted by molar-refractivity contribution is 0.0752. The summed E-state index contributed by atoms with van der Waals surface area (Å²) in [7, 11) is 0. The van der Waals surface area contributed by atoms with Gasteiger partial charge in [-0.25, -0.2) is 9.59 Å². The maximum absolute atomic E-state index is 11.8. The summed E-state index contributed by atoms with van der Waals surface area (Å²) < 4.78 is 9.09. The minimum atomic E-state index is -0.713. The van der Waals surface area contributed by atoms with Crippen molar-refractivity contribution in [1.82, 2.24) is 0 Å². The van der Waals surface area contributed by atoms with Gasteiger partial charge in [-0.1, -0.05) is 12.1 Å². The fourth-order valence-corrected chi connectivity index (χ4v) is 1.61. The lowest BCUT2D eigenvalue weighted by atomic mass is 10.1. The first-order chi connectivity index (χ1) is 8.65. The smallest absolute Gasteiger partial charge is 0.414 e. The Morgan fingerprint density at radius 1 is 1.28 bits per heavy atom. The van der Waals surface area contributed by atoms with Crippen LogP contribution in [0.25, 0.3) is 0 Å². The van der Waals surface area contributed by atoms with E-state index in [1.54, 1.807) is 32.0 Å². The normalized spacial score (nSPS) is 9.72. The molecule has 1 aromatic carbocycles. The number of carbonyl (C=O) groups is 2. The van der Waals surface area contributed by atoms with Crippen molar-refractivity contribution in [3.8, 4) is 0 Å². The quantitative estimate of drug-likeness (QED) is 0.845. The number of anilines is 1. The molecule has 0 fully saturated rings. The molecule has 0 N–H and O–H groups in total. The average Bonchev–Trinajstić information content (AvgIpc) is 2.39. The Balaban J connectivity index is 3.13. The Hall–Kier alpha value is -1.75. The lowest BCUT2D eigenvalue weighted by Gasteiger charge is -2.21. The van der Waals surface area contributed by atoms with E-state index in [0.29, 0.717) is 12.2 Å². The van der Waals surface area contributed by atoms with Gasteiger partial charge in [0.25, 0.3) is 0 Å². The van der Waals surface area contributed by atoms with Crippen molar-refractivity contribution in [2.24, 2.45) is 0 Å². The van der Waals surface area contributed by atoms with Crippen LogP contribution in [0.5, 0.6) is 0 Å². The Kier molecular flexibility index (Phi) is 5.45. The molecule has 0 radical (unpaired) electrons. The Morgan fingerprint density at radius 3 is 2.50 bits per heavy atom. The summed E-state index contributed by atoms with van der Waals surface area (Å²) in [6, 6.07) is 6.53. The van der Waals surface area contributed by atoms with Crippen LogP contribution in [0.1, 0.15) is 24.2 Å². The lowest BCUT2D eigenvalue weighted by Crippen LogP contribution is -2.32.